The minimum Gasteiger partial charge on any atom is -0.493 e. The summed E-state index contributed by atoms with van der Waals surface area (Å²) in [5.74, 6) is 1.02. The van der Waals surface area contributed by atoms with Crippen molar-refractivity contribution in [3.8, 4) is 23.3 Å². The van der Waals surface area contributed by atoms with Crippen LogP contribution in [0.4, 0.5) is 0 Å². The average Bonchev–Trinajstić information content (AvgIpc) is 2.67. The van der Waals surface area contributed by atoms with Crippen molar-refractivity contribution in [2.75, 3.05) is 13.7 Å². The van der Waals surface area contributed by atoms with Crippen LogP contribution in [0.2, 0.25) is 0 Å². The van der Waals surface area contributed by atoms with Crippen molar-refractivity contribution in [3.05, 3.63) is 53.6 Å². The number of rotatable bonds is 8. The summed E-state index contributed by atoms with van der Waals surface area (Å²) in [5, 5.41) is 12.9. The van der Waals surface area contributed by atoms with Gasteiger partial charge in [-0.1, -0.05) is 18.2 Å². The number of nitriles is 1. The van der Waals surface area contributed by atoms with Crippen LogP contribution < -0.4 is 19.6 Å². The van der Waals surface area contributed by atoms with Gasteiger partial charge in [0, 0.05) is 5.56 Å². The molecule has 0 bridgehead atoms. The Bertz CT molecular complexity index is 857. The summed E-state index contributed by atoms with van der Waals surface area (Å²) in [7, 11) is 1.56. The Morgan fingerprint density at radius 1 is 1.22 bits per heavy atom. The molecule has 1 amide bonds. The SMILES string of the molecule is COc1cccc(/C=N\NC(=O)COc2ccccc2C#N)c1OC(C)C. The van der Waals surface area contributed by atoms with Crippen molar-refractivity contribution in [2.24, 2.45) is 5.10 Å². The van der Waals surface area contributed by atoms with Gasteiger partial charge in [-0.2, -0.15) is 10.4 Å². The molecule has 0 radical (unpaired) electrons. The number of benzene rings is 2. The van der Waals surface area contributed by atoms with Crippen LogP contribution in [0.25, 0.3) is 0 Å². The van der Waals surface area contributed by atoms with Gasteiger partial charge >= 0.3 is 0 Å². The van der Waals surface area contributed by atoms with Crippen molar-refractivity contribution in [2.45, 2.75) is 20.0 Å². The van der Waals surface area contributed by atoms with Crippen LogP contribution in [0.15, 0.2) is 47.6 Å². The highest BCUT2D eigenvalue weighted by molar-refractivity contribution is 5.86. The Morgan fingerprint density at radius 3 is 2.67 bits per heavy atom. The van der Waals surface area contributed by atoms with Gasteiger partial charge in [0.2, 0.25) is 0 Å². The summed E-state index contributed by atoms with van der Waals surface area (Å²) in [4.78, 5) is 11.9. The summed E-state index contributed by atoms with van der Waals surface area (Å²) in [5.41, 5.74) is 3.41. The molecule has 27 heavy (non-hydrogen) atoms. The molecule has 0 spiro atoms. The summed E-state index contributed by atoms with van der Waals surface area (Å²) in [6, 6.07) is 14.1. The molecular formula is C20H21N3O4. The van der Waals surface area contributed by atoms with Gasteiger partial charge < -0.3 is 14.2 Å². The molecule has 7 nitrogen and oxygen atoms in total. The second-order valence-electron chi connectivity index (χ2n) is 5.74. The maximum absolute atomic E-state index is 11.9. The summed E-state index contributed by atoms with van der Waals surface area (Å²) < 4.78 is 16.4. The zero-order valence-electron chi connectivity index (χ0n) is 15.4. The topological polar surface area (TPSA) is 92.9 Å². The van der Waals surface area contributed by atoms with Crippen LogP contribution in [0.1, 0.15) is 25.0 Å². The zero-order chi connectivity index (χ0) is 19.6. The van der Waals surface area contributed by atoms with Crippen LogP contribution in [-0.4, -0.2) is 31.9 Å². The van der Waals surface area contributed by atoms with E-state index in [9.17, 15) is 4.79 Å². The predicted molar refractivity (Wildman–Crippen MR) is 101 cm³/mol. The van der Waals surface area contributed by atoms with E-state index in [1.807, 2.05) is 19.9 Å². The van der Waals surface area contributed by atoms with Crippen LogP contribution in [0.3, 0.4) is 0 Å². The molecule has 0 atom stereocenters. The molecule has 0 aliphatic rings. The number of methoxy groups -OCH3 is 1. The van der Waals surface area contributed by atoms with Crippen molar-refractivity contribution in [1.29, 1.82) is 5.26 Å². The number of carbonyl (C=O) groups excluding carboxylic acids is 1. The van der Waals surface area contributed by atoms with E-state index in [4.69, 9.17) is 19.5 Å². The fourth-order valence-corrected chi connectivity index (χ4v) is 2.19. The van der Waals surface area contributed by atoms with E-state index in [2.05, 4.69) is 10.5 Å². The van der Waals surface area contributed by atoms with E-state index in [1.165, 1.54) is 6.21 Å². The van der Waals surface area contributed by atoms with E-state index >= 15 is 0 Å². The normalized spacial score (nSPS) is 10.5. The number of hydrogen-bond acceptors (Lipinski definition) is 6. The fraction of sp³-hybridized carbons (Fsp3) is 0.250. The fourth-order valence-electron chi connectivity index (χ4n) is 2.19. The van der Waals surface area contributed by atoms with E-state index in [0.29, 0.717) is 28.4 Å². The zero-order valence-corrected chi connectivity index (χ0v) is 15.4. The lowest BCUT2D eigenvalue weighted by Crippen LogP contribution is -2.24. The Labute approximate surface area is 158 Å². The van der Waals surface area contributed by atoms with Crippen LogP contribution in [0.5, 0.6) is 17.2 Å². The maximum atomic E-state index is 11.9. The second kappa shape index (κ2) is 9.82. The first-order valence-electron chi connectivity index (χ1n) is 8.32. The minimum absolute atomic E-state index is 0.0448. The second-order valence-corrected chi connectivity index (χ2v) is 5.74. The minimum atomic E-state index is -0.451. The maximum Gasteiger partial charge on any atom is 0.277 e. The lowest BCUT2D eigenvalue weighted by molar-refractivity contribution is -0.123. The van der Waals surface area contributed by atoms with E-state index in [1.54, 1.807) is 49.6 Å². The highest BCUT2D eigenvalue weighted by atomic mass is 16.5. The molecule has 7 heteroatoms. The highest BCUT2D eigenvalue weighted by Crippen LogP contribution is 2.30. The standard InChI is InChI=1S/C20H21N3O4/c1-14(2)27-20-16(8-6-10-18(20)25-3)12-22-23-19(24)13-26-17-9-5-4-7-15(17)11-21/h4-10,12,14H,13H2,1-3H3,(H,23,24)/b22-12-. The first-order chi connectivity index (χ1) is 13.0. The average molecular weight is 367 g/mol. The summed E-state index contributed by atoms with van der Waals surface area (Å²) >= 11 is 0. The number of hydrogen-bond donors (Lipinski definition) is 1. The van der Waals surface area contributed by atoms with Gasteiger partial charge in [0.15, 0.2) is 18.1 Å². The number of para-hydroxylation sites is 2. The van der Waals surface area contributed by atoms with Crippen LogP contribution >= 0.6 is 0 Å². The Balaban J connectivity index is 1.99. The molecule has 0 heterocycles. The van der Waals surface area contributed by atoms with Gasteiger partial charge in [0.25, 0.3) is 5.91 Å². The van der Waals surface area contributed by atoms with Crippen molar-refractivity contribution < 1.29 is 19.0 Å². The molecule has 0 aliphatic carbocycles. The summed E-state index contributed by atoms with van der Waals surface area (Å²) in [6.45, 7) is 3.56. The highest BCUT2D eigenvalue weighted by Gasteiger charge is 2.11. The number of amides is 1. The molecule has 2 aromatic rings. The molecule has 2 rings (SSSR count). The van der Waals surface area contributed by atoms with Crippen molar-refractivity contribution in [1.82, 2.24) is 5.43 Å². The number of hydrazone groups is 1. The summed E-state index contributed by atoms with van der Waals surface area (Å²) in [6.07, 6.45) is 1.43. The third kappa shape index (κ3) is 5.75. The monoisotopic (exact) mass is 367 g/mol. The van der Waals surface area contributed by atoms with Crippen molar-refractivity contribution in [3.63, 3.8) is 0 Å². The van der Waals surface area contributed by atoms with Gasteiger partial charge in [-0.25, -0.2) is 5.43 Å². The van der Waals surface area contributed by atoms with Gasteiger partial charge in [-0.15, -0.1) is 0 Å². The molecule has 0 saturated carbocycles. The van der Waals surface area contributed by atoms with E-state index in [-0.39, 0.29) is 12.7 Å². The predicted octanol–water partition coefficient (Wildman–Crippen LogP) is 2.88. The molecule has 1 N–H and O–H groups in total. The van der Waals surface area contributed by atoms with Gasteiger partial charge in [0.1, 0.15) is 11.8 Å². The molecule has 140 valence electrons. The van der Waals surface area contributed by atoms with Crippen molar-refractivity contribution >= 4 is 12.1 Å². The lowest BCUT2D eigenvalue weighted by atomic mass is 10.2. The third-order valence-corrected chi connectivity index (χ3v) is 3.34. The third-order valence-electron chi connectivity index (χ3n) is 3.34. The van der Waals surface area contributed by atoms with E-state index in [0.717, 1.165) is 0 Å². The first kappa shape index (κ1) is 19.8. The first-order valence-corrected chi connectivity index (χ1v) is 8.32. The number of nitrogens with zero attached hydrogens (tertiary/aromatic N) is 2. The molecule has 0 aromatic heterocycles. The van der Waals surface area contributed by atoms with Gasteiger partial charge in [0.05, 0.1) is 25.0 Å². The molecule has 2 aromatic carbocycles. The molecule has 0 saturated heterocycles. The number of carbonyl (C=O) groups is 1. The van der Waals surface area contributed by atoms with Gasteiger partial charge in [-0.3, -0.25) is 4.79 Å². The Hall–Kier alpha value is -3.53. The van der Waals surface area contributed by atoms with Gasteiger partial charge in [-0.05, 0) is 38.1 Å². The van der Waals surface area contributed by atoms with Crippen LogP contribution in [-0.2, 0) is 4.79 Å². The quantitative estimate of drug-likeness (QED) is 0.572. The molecule has 0 fully saturated rings. The Morgan fingerprint density at radius 2 is 1.96 bits per heavy atom. The van der Waals surface area contributed by atoms with E-state index < -0.39 is 5.91 Å². The largest absolute Gasteiger partial charge is 0.493 e. The molecule has 0 aliphatic heterocycles. The molecule has 0 unspecified atom stereocenters. The lowest BCUT2D eigenvalue weighted by Gasteiger charge is -2.15. The number of ether oxygens (including phenoxy) is 3. The smallest absolute Gasteiger partial charge is 0.277 e. The Kier molecular flexibility index (Phi) is 7.20. The van der Waals surface area contributed by atoms with Crippen LogP contribution in [0, 0.1) is 11.3 Å². The molecular weight excluding hydrogens is 346 g/mol. The number of nitrogens with one attached hydrogen (secondary N) is 1.